The van der Waals surface area contributed by atoms with E-state index in [-0.39, 0.29) is 17.4 Å². The number of nitrogens with one attached hydrogen (secondary N) is 1. The third-order valence-electron chi connectivity index (χ3n) is 5.05. The van der Waals surface area contributed by atoms with E-state index in [1.54, 1.807) is 29.3 Å². The summed E-state index contributed by atoms with van der Waals surface area (Å²) in [5.41, 5.74) is 2.88. The SMILES string of the molecule is Cc1ccc(CNc2nc3ccccn3c(=O)c2C=C2SC(=S)N(CC(C)C)C2=O)cc1. The Balaban J connectivity index is 1.74. The average molecular weight is 465 g/mol. The van der Waals surface area contributed by atoms with E-state index in [4.69, 9.17) is 12.2 Å². The molecule has 3 heterocycles. The first-order valence-corrected chi connectivity index (χ1v) is 11.6. The van der Waals surface area contributed by atoms with Crippen LogP contribution in [0.25, 0.3) is 11.7 Å². The average Bonchev–Trinajstić information content (AvgIpc) is 3.02. The summed E-state index contributed by atoms with van der Waals surface area (Å²) >= 11 is 6.63. The van der Waals surface area contributed by atoms with Gasteiger partial charge in [0.2, 0.25) is 0 Å². The van der Waals surface area contributed by atoms with Crippen LogP contribution in [0.3, 0.4) is 0 Å². The summed E-state index contributed by atoms with van der Waals surface area (Å²) in [6.45, 7) is 7.17. The highest BCUT2D eigenvalue weighted by Gasteiger charge is 2.32. The lowest BCUT2D eigenvalue weighted by Gasteiger charge is -2.16. The van der Waals surface area contributed by atoms with Gasteiger partial charge in [-0.05, 0) is 36.6 Å². The molecule has 4 rings (SSSR count). The molecule has 164 valence electrons. The van der Waals surface area contributed by atoms with E-state index in [0.717, 1.165) is 5.56 Å². The van der Waals surface area contributed by atoms with Crippen LogP contribution in [0.2, 0.25) is 0 Å². The Labute approximate surface area is 196 Å². The van der Waals surface area contributed by atoms with Gasteiger partial charge in [0.25, 0.3) is 11.5 Å². The summed E-state index contributed by atoms with van der Waals surface area (Å²) < 4.78 is 2.00. The molecule has 0 radical (unpaired) electrons. The third kappa shape index (κ3) is 4.61. The fraction of sp³-hybridized carbons (Fsp3) is 0.250. The van der Waals surface area contributed by atoms with Crippen LogP contribution in [0.5, 0.6) is 0 Å². The number of carbonyl (C=O) groups excluding carboxylic acids is 1. The fourth-order valence-corrected chi connectivity index (χ4v) is 4.67. The quantitative estimate of drug-likeness (QED) is 0.429. The molecule has 3 aromatic rings. The zero-order chi connectivity index (χ0) is 22.8. The normalized spacial score (nSPS) is 15.4. The standard InChI is InChI=1S/C24H24N4O2S2/c1-15(2)14-28-23(30)19(32-24(28)31)12-18-21(25-13-17-9-7-16(3)8-10-17)26-20-6-4-5-11-27(20)22(18)29/h4-12,15,25H,13-14H2,1-3H3. The predicted molar refractivity (Wildman–Crippen MR) is 135 cm³/mol. The lowest BCUT2D eigenvalue weighted by molar-refractivity contribution is -0.122. The highest BCUT2D eigenvalue weighted by molar-refractivity contribution is 8.26. The number of amides is 1. The Morgan fingerprint density at radius 3 is 2.62 bits per heavy atom. The van der Waals surface area contributed by atoms with Crippen LogP contribution in [-0.4, -0.2) is 31.1 Å². The van der Waals surface area contributed by atoms with Crippen molar-refractivity contribution in [2.24, 2.45) is 5.92 Å². The van der Waals surface area contributed by atoms with Gasteiger partial charge in [-0.15, -0.1) is 0 Å². The van der Waals surface area contributed by atoms with Crippen molar-refractivity contribution in [1.29, 1.82) is 0 Å². The molecule has 0 atom stereocenters. The van der Waals surface area contributed by atoms with E-state index >= 15 is 0 Å². The molecule has 1 N–H and O–H groups in total. The summed E-state index contributed by atoms with van der Waals surface area (Å²) in [5, 5.41) is 3.29. The molecule has 0 spiro atoms. The zero-order valence-corrected chi connectivity index (χ0v) is 19.8. The molecule has 6 nitrogen and oxygen atoms in total. The third-order valence-corrected chi connectivity index (χ3v) is 6.42. The van der Waals surface area contributed by atoms with Gasteiger partial charge >= 0.3 is 0 Å². The number of benzene rings is 1. The Bertz CT molecular complexity index is 1280. The Morgan fingerprint density at radius 1 is 1.16 bits per heavy atom. The Morgan fingerprint density at radius 2 is 1.91 bits per heavy atom. The molecule has 1 saturated heterocycles. The summed E-state index contributed by atoms with van der Waals surface area (Å²) in [7, 11) is 0. The van der Waals surface area contributed by atoms with Crippen molar-refractivity contribution in [3.8, 4) is 0 Å². The molecule has 0 aliphatic carbocycles. The van der Waals surface area contributed by atoms with Crippen molar-refractivity contribution in [2.45, 2.75) is 27.3 Å². The van der Waals surface area contributed by atoms with E-state index in [9.17, 15) is 9.59 Å². The zero-order valence-electron chi connectivity index (χ0n) is 18.2. The van der Waals surface area contributed by atoms with Crippen molar-refractivity contribution in [3.05, 3.63) is 80.6 Å². The molecule has 1 aliphatic heterocycles. The van der Waals surface area contributed by atoms with Crippen LogP contribution in [0.1, 0.15) is 30.5 Å². The van der Waals surface area contributed by atoms with E-state index in [2.05, 4.69) is 10.3 Å². The van der Waals surface area contributed by atoms with Crippen LogP contribution in [0.4, 0.5) is 5.82 Å². The smallest absolute Gasteiger partial charge is 0.267 e. The molecule has 8 heteroatoms. The van der Waals surface area contributed by atoms with Gasteiger partial charge < -0.3 is 5.32 Å². The first-order chi connectivity index (χ1) is 15.3. The van der Waals surface area contributed by atoms with E-state index in [1.807, 2.05) is 51.1 Å². The fourth-order valence-electron chi connectivity index (χ4n) is 3.41. The molecule has 1 fully saturated rings. The molecule has 1 aliphatic rings. The van der Waals surface area contributed by atoms with E-state index in [0.29, 0.717) is 39.3 Å². The predicted octanol–water partition coefficient (Wildman–Crippen LogP) is 4.47. The molecule has 0 bridgehead atoms. The molecule has 1 amide bonds. The van der Waals surface area contributed by atoms with Gasteiger partial charge in [0.15, 0.2) is 0 Å². The summed E-state index contributed by atoms with van der Waals surface area (Å²) in [6.07, 6.45) is 3.29. The topological polar surface area (TPSA) is 66.7 Å². The van der Waals surface area contributed by atoms with Crippen LogP contribution in [0.15, 0.2) is 58.4 Å². The van der Waals surface area contributed by atoms with Gasteiger partial charge in [-0.2, -0.15) is 0 Å². The van der Waals surface area contributed by atoms with Crippen LogP contribution < -0.4 is 10.9 Å². The van der Waals surface area contributed by atoms with Gasteiger partial charge in [-0.25, -0.2) is 4.98 Å². The number of rotatable bonds is 6. The highest BCUT2D eigenvalue weighted by atomic mass is 32.2. The number of aryl methyl sites for hydroxylation is 1. The molecule has 0 saturated carbocycles. The van der Waals surface area contributed by atoms with Crippen molar-refractivity contribution in [3.63, 3.8) is 0 Å². The number of hydrogen-bond acceptors (Lipinski definition) is 6. The number of thiocarbonyl (C=S) groups is 1. The van der Waals surface area contributed by atoms with Gasteiger partial charge in [0.05, 0.1) is 10.5 Å². The van der Waals surface area contributed by atoms with Crippen LogP contribution >= 0.6 is 24.0 Å². The van der Waals surface area contributed by atoms with Crippen molar-refractivity contribution in [2.75, 3.05) is 11.9 Å². The van der Waals surface area contributed by atoms with Crippen molar-refractivity contribution < 1.29 is 4.79 Å². The minimum absolute atomic E-state index is 0.171. The number of pyridine rings is 1. The molecule has 0 unspecified atom stereocenters. The van der Waals surface area contributed by atoms with Crippen molar-refractivity contribution >= 4 is 51.7 Å². The second kappa shape index (κ2) is 9.26. The molecular weight excluding hydrogens is 440 g/mol. The maximum absolute atomic E-state index is 13.3. The van der Waals surface area contributed by atoms with Gasteiger partial charge in [-0.1, -0.05) is 73.7 Å². The number of thioether (sulfide) groups is 1. The first-order valence-electron chi connectivity index (χ1n) is 10.4. The number of nitrogens with zero attached hydrogens (tertiary/aromatic N) is 3. The number of carbonyl (C=O) groups is 1. The second-order valence-corrected chi connectivity index (χ2v) is 9.81. The maximum atomic E-state index is 13.3. The first kappa shape index (κ1) is 22.2. The summed E-state index contributed by atoms with van der Waals surface area (Å²) in [5.74, 6) is 0.559. The molecule has 32 heavy (non-hydrogen) atoms. The highest BCUT2D eigenvalue weighted by Crippen LogP contribution is 2.33. The van der Waals surface area contributed by atoms with Gasteiger partial charge in [0, 0.05) is 19.3 Å². The molecule has 1 aromatic carbocycles. The number of hydrogen-bond donors (Lipinski definition) is 1. The van der Waals surface area contributed by atoms with Crippen LogP contribution in [0, 0.1) is 12.8 Å². The minimum atomic E-state index is -0.240. The minimum Gasteiger partial charge on any atom is -0.365 e. The molecular formula is C24H24N4O2S2. The number of aromatic nitrogens is 2. The maximum Gasteiger partial charge on any atom is 0.267 e. The monoisotopic (exact) mass is 464 g/mol. The van der Waals surface area contributed by atoms with E-state index < -0.39 is 0 Å². The Hall–Kier alpha value is -2.97. The van der Waals surface area contributed by atoms with Gasteiger partial charge in [0.1, 0.15) is 15.8 Å². The van der Waals surface area contributed by atoms with Crippen molar-refractivity contribution in [1.82, 2.24) is 14.3 Å². The summed E-state index contributed by atoms with van der Waals surface area (Å²) in [6, 6.07) is 13.6. The number of anilines is 1. The summed E-state index contributed by atoms with van der Waals surface area (Å²) in [4.78, 5) is 33.0. The lowest BCUT2D eigenvalue weighted by Crippen LogP contribution is -2.31. The van der Waals surface area contributed by atoms with Crippen LogP contribution in [-0.2, 0) is 11.3 Å². The lowest BCUT2D eigenvalue weighted by atomic mass is 10.1. The molecule has 2 aromatic heterocycles. The largest absolute Gasteiger partial charge is 0.365 e. The van der Waals surface area contributed by atoms with Gasteiger partial charge in [-0.3, -0.25) is 18.9 Å². The number of fused-ring (bicyclic) bond motifs is 1. The van der Waals surface area contributed by atoms with E-state index in [1.165, 1.54) is 21.7 Å². The Kier molecular flexibility index (Phi) is 6.43. The second-order valence-electron chi connectivity index (χ2n) is 8.13.